The van der Waals surface area contributed by atoms with Gasteiger partial charge in [0.15, 0.2) is 0 Å². The number of ether oxygens (including phenoxy) is 2. The number of unbranched alkanes of at least 4 members (excludes halogenated alkanes) is 14. The van der Waals surface area contributed by atoms with Crippen molar-refractivity contribution in [1.29, 1.82) is 0 Å². The lowest BCUT2D eigenvalue weighted by molar-refractivity contribution is -0.870. The first-order chi connectivity index (χ1) is 16.7. The maximum atomic E-state index is 12.0. The van der Waals surface area contributed by atoms with Crippen LogP contribution in [0.1, 0.15) is 110 Å². The molecule has 8 heteroatoms. The van der Waals surface area contributed by atoms with Crippen LogP contribution >= 0.6 is 7.82 Å². The predicted molar refractivity (Wildman–Crippen MR) is 144 cm³/mol. The summed E-state index contributed by atoms with van der Waals surface area (Å²) in [4.78, 5) is 9.80. The fraction of sp³-hybridized carbons (Fsp3) is 1.00. The molecule has 0 aliphatic carbocycles. The summed E-state index contributed by atoms with van der Waals surface area (Å²) in [5.74, 6) is 0. The van der Waals surface area contributed by atoms with Gasteiger partial charge in [-0.15, -0.1) is 0 Å². The number of phosphoric ester groups is 1. The molecule has 0 radical (unpaired) electrons. The van der Waals surface area contributed by atoms with Gasteiger partial charge in [0.05, 0.1) is 47.1 Å². The molecule has 0 aromatic carbocycles. The molecular formula is C27H57NO6P+. The first-order valence-electron chi connectivity index (χ1n) is 14.4. The number of hydrogen-bond donors (Lipinski definition) is 1. The molecule has 1 heterocycles. The van der Waals surface area contributed by atoms with Crippen LogP contribution in [-0.2, 0) is 23.1 Å². The molecule has 0 saturated carbocycles. The van der Waals surface area contributed by atoms with Gasteiger partial charge in [-0.3, -0.25) is 9.05 Å². The molecule has 1 aliphatic heterocycles. The summed E-state index contributed by atoms with van der Waals surface area (Å²) >= 11 is 0. The second-order valence-electron chi connectivity index (χ2n) is 11.3. The summed E-state index contributed by atoms with van der Waals surface area (Å²) in [6.45, 7) is 3.98. The molecule has 0 bridgehead atoms. The molecule has 1 saturated heterocycles. The van der Waals surface area contributed by atoms with E-state index in [0.29, 0.717) is 24.2 Å². The van der Waals surface area contributed by atoms with Crippen LogP contribution in [0.2, 0.25) is 0 Å². The molecule has 3 atom stereocenters. The van der Waals surface area contributed by atoms with Crippen molar-refractivity contribution in [2.24, 2.45) is 0 Å². The van der Waals surface area contributed by atoms with Crippen molar-refractivity contribution in [3.8, 4) is 0 Å². The lowest BCUT2D eigenvalue weighted by Gasteiger charge is -2.30. The molecule has 0 spiro atoms. The van der Waals surface area contributed by atoms with Gasteiger partial charge in [0.1, 0.15) is 19.3 Å². The van der Waals surface area contributed by atoms with Crippen molar-refractivity contribution in [3.05, 3.63) is 0 Å². The minimum atomic E-state index is -4.05. The molecule has 0 aromatic heterocycles. The molecule has 0 aromatic rings. The van der Waals surface area contributed by atoms with Gasteiger partial charge in [-0.05, 0) is 6.42 Å². The van der Waals surface area contributed by atoms with Crippen molar-refractivity contribution < 1.29 is 32.5 Å². The minimum Gasteiger partial charge on any atom is -0.373 e. The van der Waals surface area contributed by atoms with Crippen LogP contribution in [-0.4, -0.2) is 75.7 Å². The summed E-state index contributed by atoms with van der Waals surface area (Å²) in [5.41, 5.74) is 0. The van der Waals surface area contributed by atoms with E-state index in [-0.39, 0.29) is 25.4 Å². The summed E-state index contributed by atoms with van der Waals surface area (Å²) in [5, 5.41) is 0. The van der Waals surface area contributed by atoms with Gasteiger partial charge in [0, 0.05) is 0 Å². The van der Waals surface area contributed by atoms with Crippen LogP contribution in [0.25, 0.3) is 0 Å². The van der Waals surface area contributed by atoms with E-state index in [0.717, 1.165) is 6.42 Å². The average Bonchev–Trinajstić information content (AvgIpc) is 2.80. The molecular weight excluding hydrogens is 465 g/mol. The monoisotopic (exact) mass is 522 g/mol. The molecule has 1 aliphatic rings. The van der Waals surface area contributed by atoms with Crippen molar-refractivity contribution in [1.82, 2.24) is 0 Å². The maximum absolute atomic E-state index is 12.0. The van der Waals surface area contributed by atoms with E-state index in [4.69, 9.17) is 18.5 Å². The second kappa shape index (κ2) is 20.0. The van der Waals surface area contributed by atoms with E-state index in [1.54, 1.807) is 0 Å². The molecule has 1 N–H and O–H groups in total. The Morgan fingerprint density at radius 3 is 1.66 bits per heavy atom. The highest BCUT2D eigenvalue weighted by atomic mass is 31.2. The highest BCUT2D eigenvalue weighted by Gasteiger charge is 2.28. The van der Waals surface area contributed by atoms with Crippen molar-refractivity contribution in [2.75, 3.05) is 54.1 Å². The highest BCUT2D eigenvalue weighted by Crippen LogP contribution is 2.43. The van der Waals surface area contributed by atoms with Gasteiger partial charge in [-0.2, -0.15) is 0 Å². The predicted octanol–water partition coefficient (Wildman–Crippen LogP) is 6.87. The van der Waals surface area contributed by atoms with Gasteiger partial charge in [-0.25, -0.2) is 4.57 Å². The largest absolute Gasteiger partial charge is 0.472 e. The van der Waals surface area contributed by atoms with Crippen LogP contribution in [0.15, 0.2) is 0 Å². The number of nitrogens with zero attached hydrogens (tertiary/aromatic N) is 1. The molecule has 210 valence electrons. The van der Waals surface area contributed by atoms with E-state index in [1.807, 2.05) is 21.1 Å². The van der Waals surface area contributed by atoms with Crippen LogP contribution < -0.4 is 0 Å². The van der Waals surface area contributed by atoms with E-state index in [2.05, 4.69) is 6.92 Å². The minimum absolute atomic E-state index is 0.00380. The molecule has 1 fully saturated rings. The normalized spacial score (nSPS) is 20.7. The van der Waals surface area contributed by atoms with Gasteiger partial charge in [0.25, 0.3) is 0 Å². The zero-order valence-electron chi connectivity index (χ0n) is 23.4. The standard InChI is InChI=1S/C27H56NO6P/c1-5-6-7-8-9-10-11-12-13-14-15-16-17-18-19-20-26-23-32-27(24-31-26)25-34-35(29,30)33-22-21-28(2,3)4/h26-27H,5-25H2,1-4H3/p+1/t26-,27-/m1/s1. The Kier molecular flexibility index (Phi) is 18.9. The van der Waals surface area contributed by atoms with Crippen LogP contribution in [0.4, 0.5) is 0 Å². The Morgan fingerprint density at radius 1 is 0.743 bits per heavy atom. The Balaban J connectivity index is 1.89. The summed E-state index contributed by atoms with van der Waals surface area (Å²) in [6.07, 6.45) is 21.3. The molecule has 1 rings (SSSR count). The maximum Gasteiger partial charge on any atom is 0.472 e. The van der Waals surface area contributed by atoms with Gasteiger partial charge in [-0.1, -0.05) is 103 Å². The number of rotatable bonds is 23. The van der Waals surface area contributed by atoms with E-state index in [9.17, 15) is 9.46 Å². The summed E-state index contributed by atoms with van der Waals surface area (Å²) < 4.78 is 34.4. The molecule has 7 nitrogen and oxygen atoms in total. The fourth-order valence-corrected chi connectivity index (χ4v) is 4.98. The second-order valence-corrected chi connectivity index (χ2v) is 12.7. The third kappa shape index (κ3) is 20.7. The topological polar surface area (TPSA) is 74.2 Å². The number of phosphoric acid groups is 1. The van der Waals surface area contributed by atoms with Gasteiger partial charge < -0.3 is 18.9 Å². The van der Waals surface area contributed by atoms with Gasteiger partial charge >= 0.3 is 7.82 Å². The Morgan fingerprint density at radius 2 is 1.20 bits per heavy atom. The summed E-state index contributed by atoms with van der Waals surface area (Å²) in [6, 6.07) is 0. The molecule has 35 heavy (non-hydrogen) atoms. The smallest absolute Gasteiger partial charge is 0.373 e. The van der Waals surface area contributed by atoms with Crippen molar-refractivity contribution in [3.63, 3.8) is 0 Å². The number of quaternary nitrogens is 1. The Bertz CT molecular complexity index is 534. The van der Waals surface area contributed by atoms with E-state index < -0.39 is 7.82 Å². The van der Waals surface area contributed by atoms with Crippen LogP contribution in [0.5, 0.6) is 0 Å². The third-order valence-corrected chi connectivity index (χ3v) is 7.59. The summed E-state index contributed by atoms with van der Waals surface area (Å²) in [7, 11) is 1.93. The molecule has 0 amide bonds. The average molecular weight is 523 g/mol. The Hall–Kier alpha value is -0.0100. The van der Waals surface area contributed by atoms with E-state index >= 15 is 0 Å². The van der Waals surface area contributed by atoms with Crippen molar-refractivity contribution in [2.45, 2.75) is 122 Å². The Labute approximate surface area is 216 Å². The first kappa shape index (κ1) is 33.0. The van der Waals surface area contributed by atoms with Crippen molar-refractivity contribution >= 4 is 7.82 Å². The molecule has 1 unspecified atom stereocenters. The quantitative estimate of drug-likeness (QED) is 0.0896. The third-order valence-electron chi connectivity index (χ3n) is 6.61. The van der Waals surface area contributed by atoms with Crippen LogP contribution in [0.3, 0.4) is 0 Å². The number of likely N-dealkylation sites (N-methyl/N-ethyl adjacent to an activating group) is 1. The lowest BCUT2D eigenvalue weighted by Crippen LogP contribution is -2.38. The van der Waals surface area contributed by atoms with Crippen LogP contribution in [0, 0.1) is 0 Å². The van der Waals surface area contributed by atoms with Gasteiger partial charge in [0.2, 0.25) is 0 Å². The first-order valence-corrected chi connectivity index (χ1v) is 15.9. The number of hydrogen-bond acceptors (Lipinski definition) is 5. The van der Waals surface area contributed by atoms with E-state index in [1.165, 1.54) is 96.3 Å². The SMILES string of the molecule is CCCCCCCCCCCCCCCCC[C@@H]1CO[C@@H](COP(=O)(O)OCC[N+](C)(C)C)CO1. The fourth-order valence-electron chi connectivity index (χ4n) is 4.23. The zero-order valence-corrected chi connectivity index (χ0v) is 24.3. The highest BCUT2D eigenvalue weighted by molar-refractivity contribution is 7.47. The zero-order chi connectivity index (χ0) is 25.8. The lowest BCUT2D eigenvalue weighted by atomic mass is 10.0.